The number of nitrogens with zero attached hydrogens (tertiary/aromatic N) is 4. The molecule has 0 saturated carbocycles. The smallest absolute Gasteiger partial charge is 0.362 e. The van der Waals surface area contributed by atoms with Crippen LogP contribution in [0.4, 0.5) is 5.13 Å². The van der Waals surface area contributed by atoms with E-state index in [-0.39, 0.29) is 20.8 Å². The minimum atomic E-state index is -4.78. The Morgan fingerprint density at radius 1 is 1.44 bits per heavy atom. The molecular formula is C15H16N6O9S2. The van der Waals surface area contributed by atoms with E-state index in [0.717, 1.165) is 23.6 Å². The molecule has 1 aliphatic rings. The van der Waals surface area contributed by atoms with E-state index in [1.807, 2.05) is 0 Å². The van der Waals surface area contributed by atoms with Crippen LogP contribution in [0.1, 0.15) is 18.3 Å². The first kappa shape index (κ1) is 23.0. The molecule has 0 aliphatic carbocycles. The minimum Gasteiger partial charge on any atom is -0.503 e. The van der Waals surface area contributed by atoms with Gasteiger partial charge in [0.25, 0.3) is 11.8 Å². The summed E-state index contributed by atoms with van der Waals surface area (Å²) in [4.78, 5) is 45.1. The van der Waals surface area contributed by atoms with Crippen LogP contribution in [-0.4, -0.2) is 66.9 Å². The fourth-order valence-electron chi connectivity index (χ4n) is 2.74. The summed E-state index contributed by atoms with van der Waals surface area (Å²) in [6.45, 7) is 0.789. The average molecular weight is 488 g/mol. The van der Waals surface area contributed by atoms with Crippen molar-refractivity contribution in [2.75, 3.05) is 5.73 Å². The number of nitrogen functional groups attached to an aromatic ring is 1. The third-order valence-electron chi connectivity index (χ3n) is 4.31. The summed E-state index contributed by atoms with van der Waals surface area (Å²) in [6.07, 6.45) is 0.740. The molecule has 2 amide bonds. The summed E-state index contributed by atoms with van der Waals surface area (Å²) in [6, 6.07) is -1.46. The van der Waals surface area contributed by atoms with Crippen LogP contribution in [0, 0.1) is 0 Å². The molecule has 0 spiro atoms. The van der Waals surface area contributed by atoms with Crippen LogP contribution >= 0.6 is 11.3 Å². The van der Waals surface area contributed by atoms with Crippen LogP contribution in [0.15, 0.2) is 27.6 Å². The lowest BCUT2D eigenvalue weighted by Gasteiger charge is -2.42. The summed E-state index contributed by atoms with van der Waals surface area (Å²) >= 11 is 0.979. The summed E-state index contributed by atoms with van der Waals surface area (Å²) in [5, 5.41) is 26.3. The maximum Gasteiger partial charge on any atom is 0.362 e. The maximum atomic E-state index is 12.7. The molecule has 17 heteroatoms. The third kappa shape index (κ3) is 4.48. The predicted molar refractivity (Wildman–Crippen MR) is 107 cm³/mol. The molecule has 3 heterocycles. The highest BCUT2D eigenvalue weighted by atomic mass is 32.2. The van der Waals surface area contributed by atoms with Gasteiger partial charge in [-0.15, -0.1) is 11.3 Å². The molecule has 2 aromatic heterocycles. The molecule has 0 radical (unpaired) electrons. The zero-order chi connectivity index (χ0) is 23.8. The number of anilines is 1. The lowest BCUT2D eigenvalue weighted by Crippen LogP contribution is -2.71. The van der Waals surface area contributed by atoms with Gasteiger partial charge in [0.05, 0.1) is 12.2 Å². The number of thiazole rings is 1. The minimum absolute atomic E-state index is 0.0249. The molecule has 172 valence electrons. The van der Waals surface area contributed by atoms with Gasteiger partial charge in [-0.25, -0.2) is 9.29 Å². The van der Waals surface area contributed by atoms with Crippen LogP contribution in [-0.2, 0) is 31.3 Å². The van der Waals surface area contributed by atoms with Crippen molar-refractivity contribution < 1.29 is 37.7 Å². The number of β-lactam (4-membered cyclic amide) rings is 1. The van der Waals surface area contributed by atoms with Gasteiger partial charge in [0, 0.05) is 11.4 Å². The monoisotopic (exact) mass is 488 g/mol. The van der Waals surface area contributed by atoms with E-state index in [1.54, 1.807) is 0 Å². The largest absolute Gasteiger partial charge is 0.503 e. The molecule has 1 saturated heterocycles. The van der Waals surface area contributed by atoms with E-state index in [2.05, 4.69) is 15.5 Å². The van der Waals surface area contributed by atoms with E-state index in [4.69, 9.17) is 15.1 Å². The van der Waals surface area contributed by atoms with Gasteiger partial charge < -0.3 is 26.2 Å². The molecule has 32 heavy (non-hydrogen) atoms. The number of carbonyl (C=O) groups is 2. The normalized spacial score (nSPS) is 18.9. The van der Waals surface area contributed by atoms with Crippen molar-refractivity contribution in [1.82, 2.24) is 19.3 Å². The van der Waals surface area contributed by atoms with Gasteiger partial charge in [-0.1, -0.05) is 5.16 Å². The summed E-state index contributed by atoms with van der Waals surface area (Å²) in [7, 11) is -4.78. The highest BCUT2D eigenvalue weighted by Crippen LogP contribution is 2.23. The van der Waals surface area contributed by atoms with Gasteiger partial charge in [-0.2, -0.15) is 13.1 Å². The van der Waals surface area contributed by atoms with Crippen LogP contribution in [0.2, 0.25) is 0 Å². The quantitative estimate of drug-likeness (QED) is 0.0966. The van der Waals surface area contributed by atoms with Gasteiger partial charge >= 0.3 is 10.3 Å². The van der Waals surface area contributed by atoms with E-state index < -0.39 is 57.7 Å². The SMILES string of the molecule is CC1C(NC(=O)C(=NOCc2cc(=O)c(O)cn2O)c2csc(N)n2)C(=O)N1S(=O)(=O)O. The fraction of sp³-hybridized carbons (Fsp3) is 0.267. The summed E-state index contributed by atoms with van der Waals surface area (Å²) < 4.78 is 32.1. The number of aromatic hydroxyl groups is 1. The summed E-state index contributed by atoms with van der Waals surface area (Å²) in [5.74, 6) is -2.72. The molecule has 2 unspecified atom stereocenters. The first-order chi connectivity index (χ1) is 14.9. The molecule has 2 aromatic rings. The number of aromatic nitrogens is 2. The van der Waals surface area contributed by atoms with Crippen LogP contribution in [0.5, 0.6) is 5.75 Å². The van der Waals surface area contributed by atoms with Crippen molar-refractivity contribution in [3.8, 4) is 5.75 Å². The van der Waals surface area contributed by atoms with Gasteiger partial charge in [-0.05, 0) is 6.92 Å². The van der Waals surface area contributed by atoms with Crippen molar-refractivity contribution >= 4 is 44.3 Å². The lowest BCUT2D eigenvalue weighted by atomic mass is 10.0. The second-order valence-electron chi connectivity index (χ2n) is 6.45. The predicted octanol–water partition coefficient (Wildman–Crippen LogP) is -1.73. The number of nitrogens with two attached hydrogens (primary N) is 1. The van der Waals surface area contributed by atoms with Crippen molar-refractivity contribution in [3.63, 3.8) is 0 Å². The topological polar surface area (TPSA) is 227 Å². The van der Waals surface area contributed by atoms with Crippen molar-refractivity contribution in [3.05, 3.63) is 39.3 Å². The third-order valence-corrected chi connectivity index (χ3v) is 5.99. The summed E-state index contributed by atoms with van der Waals surface area (Å²) in [5.41, 5.74) is 4.21. The van der Waals surface area contributed by atoms with Gasteiger partial charge in [0.1, 0.15) is 17.4 Å². The van der Waals surface area contributed by atoms with Crippen molar-refractivity contribution in [2.24, 2.45) is 5.16 Å². The molecule has 2 atom stereocenters. The Morgan fingerprint density at radius 3 is 2.69 bits per heavy atom. The van der Waals surface area contributed by atoms with Gasteiger partial charge in [-0.3, -0.25) is 18.9 Å². The second-order valence-corrected chi connectivity index (χ2v) is 8.63. The van der Waals surface area contributed by atoms with Crippen LogP contribution in [0.3, 0.4) is 0 Å². The van der Waals surface area contributed by atoms with Crippen LogP contribution < -0.4 is 16.5 Å². The maximum absolute atomic E-state index is 12.7. The fourth-order valence-corrected chi connectivity index (χ4v) is 4.17. The molecule has 1 fully saturated rings. The highest BCUT2D eigenvalue weighted by molar-refractivity contribution is 7.84. The Bertz CT molecular complexity index is 1270. The number of nitrogens with one attached hydrogen (secondary N) is 1. The van der Waals surface area contributed by atoms with Crippen molar-refractivity contribution in [1.29, 1.82) is 0 Å². The number of carbonyl (C=O) groups excluding carboxylic acids is 2. The zero-order valence-corrected chi connectivity index (χ0v) is 17.7. The Kier molecular flexibility index (Phi) is 6.06. The number of rotatable bonds is 7. The Balaban J connectivity index is 1.79. The molecule has 0 aromatic carbocycles. The lowest BCUT2D eigenvalue weighted by molar-refractivity contribution is -0.143. The standard InChI is InChI=1S/C15H16N6O9S2/c1-6-11(14(25)21(6)32(27,28)29)18-13(24)12(8-5-31-15(16)17-8)19-30-4-7-2-9(22)10(23)3-20(7)26/h2-3,5-6,11,23,26H,4H2,1H3,(H2,16,17)(H,18,24)(H,27,28,29). The average Bonchev–Trinajstić information content (AvgIpc) is 3.11. The first-order valence-corrected chi connectivity index (χ1v) is 10.8. The van der Waals surface area contributed by atoms with Gasteiger partial charge in [0.2, 0.25) is 5.43 Å². The number of oxime groups is 1. The molecule has 3 rings (SSSR count). The van der Waals surface area contributed by atoms with E-state index in [0.29, 0.717) is 4.73 Å². The molecule has 15 nitrogen and oxygen atoms in total. The van der Waals surface area contributed by atoms with E-state index in [1.165, 1.54) is 12.3 Å². The molecule has 6 N–H and O–H groups in total. The second kappa shape index (κ2) is 8.44. The van der Waals surface area contributed by atoms with Gasteiger partial charge in [0.15, 0.2) is 23.2 Å². The van der Waals surface area contributed by atoms with Crippen molar-refractivity contribution in [2.45, 2.75) is 25.6 Å². The number of pyridine rings is 1. The van der Waals surface area contributed by atoms with E-state index >= 15 is 0 Å². The first-order valence-electron chi connectivity index (χ1n) is 8.56. The molecular weight excluding hydrogens is 472 g/mol. The Labute approximate surface area is 183 Å². The number of hydrogen-bond acceptors (Lipinski definition) is 12. The Morgan fingerprint density at radius 2 is 2.12 bits per heavy atom. The molecule has 1 aliphatic heterocycles. The number of amides is 2. The highest BCUT2D eigenvalue weighted by Gasteiger charge is 2.51. The Hall–Kier alpha value is -3.70. The number of hydrogen-bond donors (Lipinski definition) is 5. The van der Waals surface area contributed by atoms with Crippen LogP contribution in [0.25, 0.3) is 0 Å². The zero-order valence-electron chi connectivity index (χ0n) is 16.1. The van der Waals surface area contributed by atoms with E-state index in [9.17, 15) is 33.1 Å². The molecule has 0 bridgehead atoms.